The summed E-state index contributed by atoms with van der Waals surface area (Å²) in [7, 11) is -3.58. The van der Waals surface area contributed by atoms with Crippen LogP contribution < -0.4 is 16.0 Å². The van der Waals surface area contributed by atoms with Gasteiger partial charge in [-0.25, -0.2) is 8.42 Å². The number of benzene rings is 2. The minimum Gasteiger partial charge on any atom is -0.384 e. The van der Waals surface area contributed by atoms with Gasteiger partial charge in [0.2, 0.25) is 15.9 Å². The Labute approximate surface area is 179 Å². The van der Waals surface area contributed by atoms with Gasteiger partial charge in [0.1, 0.15) is 0 Å². The summed E-state index contributed by atoms with van der Waals surface area (Å²) >= 11 is 0. The zero-order chi connectivity index (χ0) is 22.1. The average molecular weight is 433 g/mol. The first-order valence-electron chi connectivity index (χ1n) is 10.4. The number of rotatable bonds is 11. The number of carbonyl (C=O) groups excluding carboxylic acids is 1. The Kier molecular flexibility index (Phi) is 8.68. The maximum absolute atomic E-state index is 12.8. The van der Waals surface area contributed by atoms with Gasteiger partial charge in [0.05, 0.1) is 22.8 Å². The smallest absolute Gasteiger partial charge is 0.243 e. The van der Waals surface area contributed by atoms with E-state index in [1.807, 2.05) is 45.0 Å². The molecule has 2 rings (SSSR count). The zero-order valence-corrected chi connectivity index (χ0v) is 19.0. The van der Waals surface area contributed by atoms with Crippen LogP contribution in [0.3, 0.4) is 0 Å². The molecule has 0 unspecified atom stereocenters. The third kappa shape index (κ3) is 5.96. The van der Waals surface area contributed by atoms with E-state index in [4.69, 9.17) is 0 Å². The quantitative estimate of drug-likeness (QED) is 0.503. The first-order chi connectivity index (χ1) is 14.3. The molecule has 0 fully saturated rings. The lowest BCUT2D eigenvalue weighted by molar-refractivity contribution is -0.114. The van der Waals surface area contributed by atoms with Crippen molar-refractivity contribution in [2.45, 2.75) is 39.0 Å². The number of amides is 1. The number of nitrogens with zero attached hydrogens (tertiary/aromatic N) is 1. The van der Waals surface area contributed by atoms with Crippen molar-refractivity contribution in [3.63, 3.8) is 0 Å². The van der Waals surface area contributed by atoms with Gasteiger partial charge in [-0.1, -0.05) is 32.9 Å². The molecule has 8 heteroatoms. The second-order valence-corrected chi connectivity index (χ2v) is 8.72. The Balaban J connectivity index is 2.16. The summed E-state index contributed by atoms with van der Waals surface area (Å²) in [5.74, 6) is -0.210. The molecular formula is C22H32N4O3S. The highest BCUT2D eigenvalue weighted by atomic mass is 32.2. The van der Waals surface area contributed by atoms with Gasteiger partial charge in [0.25, 0.3) is 0 Å². The second kappa shape index (κ2) is 11.0. The van der Waals surface area contributed by atoms with Crippen molar-refractivity contribution in [2.75, 3.05) is 42.1 Å². The molecule has 0 aliphatic rings. The lowest BCUT2D eigenvalue weighted by atomic mass is 10.1. The van der Waals surface area contributed by atoms with Gasteiger partial charge < -0.3 is 16.0 Å². The molecule has 0 heterocycles. The summed E-state index contributed by atoms with van der Waals surface area (Å²) < 4.78 is 27.1. The van der Waals surface area contributed by atoms with Crippen LogP contribution in [0.1, 0.15) is 33.3 Å². The van der Waals surface area contributed by atoms with Crippen LogP contribution in [0.25, 0.3) is 0 Å². The standard InChI is InChI=1S/C22H32N4O3S/c1-5-17-9-11-18(12-10-17)25-22(27)16-24-21-15-19(13-14-20(21)23-6-2)30(28,29)26(7-3)8-4/h9-15,23-24H,5-8,16H2,1-4H3,(H,25,27). The van der Waals surface area contributed by atoms with Crippen molar-refractivity contribution in [2.24, 2.45) is 0 Å². The largest absolute Gasteiger partial charge is 0.384 e. The van der Waals surface area contributed by atoms with Gasteiger partial charge >= 0.3 is 0 Å². The van der Waals surface area contributed by atoms with Crippen LogP contribution in [0, 0.1) is 0 Å². The Bertz CT molecular complexity index is 939. The number of sulfonamides is 1. The number of aryl methyl sites for hydroxylation is 1. The molecule has 0 aliphatic heterocycles. The van der Waals surface area contributed by atoms with Crippen molar-refractivity contribution in [1.82, 2.24) is 4.31 Å². The Morgan fingerprint density at radius 2 is 1.57 bits per heavy atom. The van der Waals surface area contributed by atoms with E-state index in [0.717, 1.165) is 17.8 Å². The fourth-order valence-electron chi connectivity index (χ4n) is 3.09. The Hall–Kier alpha value is -2.58. The molecule has 0 bridgehead atoms. The Morgan fingerprint density at radius 1 is 0.900 bits per heavy atom. The number of anilines is 3. The molecule has 2 aromatic rings. The normalized spacial score (nSPS) is 11.4. The van der Waals surface area contributed by atoms with Crippen LogP contribution >= 0.6 is 0 Å². The second-order valence-electron chi connectivity index (χ2n) is 6.78. The van der Waals surface area contributed by atoms with Crippen molar-refractivity contribution in [3.8, 4) is 0 Å². The van der Waals surface area contributed by atoms with Crippen LogP contribution in [-0.4, -0.2) is 44.8 Å². The molecule has 2 aromatic carbocycles. The van der Waals surface area contributed by atoms with Gasteiger partial charge in [-0.3, -0.25) is 4.79 Å². The zero-order valence-electron chi connectivity index (χ0n) is 18.2. The number of carbonyl (C=O) groups is 1. The van der Waals surface area contributed by atoms with Crippen molar-refractivity contribution >= 4 is 33.0 Å². The van der Waals surface area contributed by atoms with Gasteiger partial charge in [0.15, 0.2) is 0 Å². The van der Waals surface area contributed by atoms with E-state index in [0.29, 0.717) is 25.3 Å². The molecule has 0 spiro atoms. The van der Waals surface area contributed by atoms with Gasteiger partial charge in [0, 0.05) is 25.3 Å². The molecule has 0 atom stereocenters. The molecule has 0 saturated heterocycles. The van der Waals surface area contributed by atoms with Crippen LogP contribution in [-0.2, 0) is 21.2 Å². The number of hydrogen-bond acceptors (Lipinski definition) is 5. The molecule has 164 valence electrons. The summed E-state index contributed by atoms with van der Waals surface area (Å²) in [6, 6.07) is 12.6. The number of hydrogen-bond donors (Lipinski definition) is 3. The molecule has 0 aromatic heterocycles. The summed E-state index contributed by atoms with van der Waals surface area (Å²) in [5, 5.41) is 9.11. The number of nitrogens with one attached hydrogen (secondary N) is 3. The highest BCUT2D eigenvalue weighted by molar-refractivity contribution is 7.89. The summed E-state index contributed by atoms with van der Waals surface area (Å²) in [4.78, 5) is 12.6. The fourth-order valence-corrected chi connectivity index (χ4v) is 4.58. The summed E-state index contributed by atoms with van der Waals surface area (Å²) in [6.07, 6.45) is 0.940. The van der Waals surface area contributed by atoms with E-state index < -0.39 is 10.0 Å². The fraction of sp³-hybridized carbons (Fsp3) is 0.409. The van der Waals surface area contributed by atoms with Crippen molar-refractivity contribution in [3.05, 3.63) is 48.0 Å². The molecule has 1 amide bonds. The average Bonchev–Trinajstić information content (AvgIpc) is 2.74. The van der Waals surface area contributed by atoms with Gasteiger partial charge in [-0.05, 0) is 49.2 Å². The molecule has 0 aliphatic carbocycles. The lowest BCUT2D eigenvalue weighted by Crippen LogP contribution is -2.30. The highest BCUT2D eigenvalue weighted by Gasteiger charge is 2.22. The predicted molar refractivity (Wildman–Crippen MR) is 124 cm³/mol. The van der Waals surface area contributed by atoms with E-state index in [-0.39, 0.29) is 17.3 Å². The van der Waals surface area contributed by atoms with Crippen molar-refractivity contribution in [1.29, 1.82) is 0 Å². The molecule has 30 heavy (non-hydrogen) atoms. The van der Waals surface area contributed by atoms with E-state index in [2.05, 4.69) is 22.9 Å². The monoisotopic (exact) mass is 432 g/mol. The van der Waals surface area contributed by atoms with Crippen molar-refractivity contribution < 1.29 is 13.2 Å². The maximum atomic E-state index is 12.8. The highest BCUT2D eigenvalue weighted by Crippen LogP contribution is 2.27. The van der Waals surface area contributed by atoms with Crippen LogP contribution in [0.5, 0.6) is 0 Å². The molecule has 7 nitrogen and oxygen atoms in total. The molecule has 0 saturated carbocycles. The van der Waals surface area contributed by atoms with E-state index in [1.165, 1.54) is 9.87 Å². The van der Waals surface area contributed by atoms with E-state index >= 15 is 0 Å². The van der Waals surface area contributed by atoms with E-state index in [1.54, 1.807) is 18.2 Å². The first-order valence-corrected chi connectivity index (χ1v) is 11.8. The lowest BCUT2D eigenvalue weighted by Gasteiger charge is -2.20. The predicted octanol–water partition coefficient (Wildman–Crippen LogP) is 3.76. The Morgan fingerprint density at radius 3 is 2.13 bits per heavy atom. The van der Waals surface area contributed by atoms with Gasteiger partial charge in [-0.15, -0.1) is 0 Å². The minimum absolute atomic E-state index is 0.0166. The third-order valence-electron chi connectivity index (χ3n) is 4.79. The SMILES string of the molecule is CCNc1ccc(S(=O)(=O)N(CC)CC)cc1NCC(=O)Nc1ccc(CC)cc1. The maximum Gasteiger partial charge on any atom is 0.243 e. The minimum atomic E-state index is -3.58. The summed E-state index contributed by atoms with van der Waals surface area (Å²) in [6.45, 7) is 9.14. The van der Waals surface area contributed by atoms with Gasteiger partial charge in [-0.2, -0.15) is 4.31 Å². The van der Waals surface area contributed by atoms with Crippen LogP contribution in [0.2, 0.25) is 0 Å². The van der Waals surface area contributed by atoms with Crippen LogP contribution in [0.4, 0.5) is 17.1 Å². The molecular weight excluding hydrogens is 400 g/mol. The first kappa shape index (κ1) is 23.7. The van der Waals surface area contributed by atoms with E-state index in [9.17, 15) is 13.2 Å². The molecule has 3 N–H and O–H groups in total. The summed E-state index contributed by atoms with van der Waals surface area (Å²) in [5.41, 5.74) is 3.24. The topological polar surface area (TPSA) is 90.5 Å². The molecule has 0 radical (unpaired) electrons. The third-order valence-corrected chi connectivity index (χ3v) is 6.83. The van der Waals surface area contributed by atoms with Crippen LogP contribution in [0.15, 0.2) is 47.4 Å².